The first kappa shape index (κ1) is 20.3. The quantitative estimate of drug-likeness (QED) is 0.674. The molecule has 8 heteroatoms. The Kier molecular flexibility index (Phi) is 5.42. The van der Waals surface area contributed by atoms with Gasteiger partial charge in [0, 0.05) is 23.0 Å². The van der Waals surface area contributed by atoms with Crippen molar-refractivity contribution in [2.45, 2.75) is 31.4 Å². The molecule has 1 unspecified atom stereocenters. The molecule has 158 valence electrons. The minimum absolute atomic E-state index is 0.0770. The van der Waals surface area contributed by atoms with Crippen LogP contribution in [-0.2, 0) is 20.9 Å². The van der Waals surface area contributed by atoms with Gasteiger partial charge < -0.3 is 14.6 Å². The number of hydrogen-bond acceptors (Lipinski definition) is 5. The van der Waals surface area contributed by atoms with Gasteiger partial charge in [0.25, 0.3) is 0 Å². The Hall–Kier alpha value is -3.00. The highest BCUT2D eigenvalue weighted by Crippen LogP contribution is 2.61. The van der Waals surface area contributed by atoms with Crippen molar-refractivity contribution in [2.75, 3.05) is 13.2 Å². The number of ether oxygens (including phenoxy) is 2. The first-order chi connectivity index (χ1) is 14.4. The van der Waals surface area contributed by atoms with Crippen molar-refractivity contribution in [3.8, 4) is 5.75 Å². The molecule has 1 spiro atoms. The van der Waals surface area contributed by atoms with Crippen LogP contribution >= 0.6 is 0 Å². The predicted molar refractivity (Wildman–Crippen MR) is 102 cm³/mol. The largest absolute Gasteiger partial charge is 0.493 e. The predicted octanol–water partition coefficient (Wildman–Crippen LogP) is 3.01. The highest BCUT2D eigenvalue weighted by molar-refractivity contribution is 5.78. The topological polar surface area (TPSA) is 84.9 Å². The van der Waals surface area contributed by atoms with E-state index in [1.807, 2.05) is 30.3 Å². The van der Waals surface area contributed by atoms with Crippen LogP contribution in [0.15, 0.2) is 42.5 Å². The number of hydrogen-bond donors (Lipinski definition) is 2. The van der Waals surface area contributed by atoms with Gasteiger partial charge >= 0.3 is 11.9 Å². The highest BCUT2D eigenvalue weighted by Gasteiger charge is 2.57. The van der Waals surface area contributed by atoms with Crippen molar-refractivity contribution in [2.24, 2.45) is 5.41 Å². The standard InChI is InChI=1S/C22H21F2NO5/c23-15-8-14-17(9-16(15)24)30-12-22(6-7-22)19(14)20(21(27)28)25-10-18(26)29-11-13-4-2-1-3-5-13/h1-5,8-9,19-20,25H,6-7,10-12H2,(H,27,28)/t19?,20-/m0/s1. The van der Waals surface area contributed by atoms with E-state index in [0.29, 0.717) is 18.4 Å². The van der Waals surface area contributed by atoms with Gasteiger partial charge in [0.05, 0.1) is 13.2 Å². The number of carbonyl (C=O) groups is 2. The van der Waals surface area contributed by atoms with Crippen LogP contribution in [0.25, 0.3) is 0 Å². The molecule has 2 aromatic carbocycles. The van der Waals surface area contributed by atoms with Crippen molar-refractivity contribution in [3.63, 3.8) is 0 Å². The summed E-state index contributed by atoms with van der Waals surface area (Å²) < 4.78 is 38.3. The number of carbonyl (C=O) groups excluding carboxylic acids is 1. The maximum atomic E-state index is 13.9. The molecule has 2 aliphatic rings. The molecule has 0 amide bonds. The molecule has 2 atom stereocenters. The number of aliphatic carboxylic acids is 1. The second kappa shape index (κ2) is 8.02. The highest BCUT2D eigenvalue weighted by atomic mass is 19.2. The maximum Gasteiger partial charge on any atom is 0.321 e. The third-order valence-electron chi connectivity index (χ3n) is 5.76. The monoisotopic (exact) mass is 417 g/mol. The normalized spacial score (nSPS) is 19.5. The van der Waals surface area contributed by atoms with E-state index in [0.717, 1.165) is 17.7 Å². The maximum absolute atomic E-state index is 13.9. The number of esters is 1. The molecule has 1 saturated carbocycles. The molecule has 0 aromatic heterocycles. The molecule has 1 aliphatic carbocycles. The first-order valence-corrected chi connectivity index (χ1v) is 9.67. The van der Waals surface area contributed by atoms with Crippen molar-refractivity contribution in [1.82, 2.24) is 5.32 Å². The fourth-order valence-electron chi connectivity index (χ4n) is 4.03. The molecule has 2 aromatic rings. The summed E-state index contributed by atoms with van der Waals surface area (Å²) in [6.45, 7) is -0.0243. The van der Waals surface area contributed by atoms with Crippen LogP contribution in [0.2, 0.25) is 0 Å². The lowest BCUT2D eigenvalue weighted by Crippen LogP contribution is -2.49. The van der Waals surface area contributed by atoms with Gasteiger partial charge in [0.15, 0.2) is 11.6 Å². The Morgan fingerprint density at radius 3 is 2.57 bits per heavy atom. The lowest BCUT2D eigenvalue weighted by molar-refractivity contribution is -0.145. The van der Waals surface area contributed by atoms with Crippen LogP contribution in [0, 0.1) is 17.0 Å². The van der Waals surface area contributed by atoms with Crippen LogP contribution in [0.4, 0.5) is 8.78 Å². The van der Waals surface area contributed by atoms with Crippen molar-refractivity contribution in [1.29, 1.82) is 0 Å². The Morgan fingerprint density at radius 2 is 1.90 bits per heavy atom. The van der Waals surface area contributed by atoms with Crippen molar-refractivity contribution in [3.05, 3.63) is 65.2 Å². The second-order valence-corrected chi connectivity index (χ2v) is 7.78. The van der Waals surface area contributed by atoms with Gasteiger partial charge in [-0.05, 0) is 24.5 Å². The van der Waals surface area contributed by atoms with E-state index in [4.69, 9.17) is 9.47 Å². The summed E-state index contributed by atoms with van der Waals surface area (Å²) in [6.07, 6.45) is 1.42. The summed E-state index contributed by atoms with van der Waals surface area (Å²) in [4.78, 5) is 24.2. The number of rotatable bonds is 7. The second-order valence-electron chi connectivity index (χ2n) is 7.78. The molecule has 0 saturated heterocycles. The van der Waals surface area contributed by atoms with E-state index in [2.05, 4.69) is 5.32 Å². The summed E-state index contributed by atoms with van der Waals surface area (Å²) >= 11 is 0. The third-order valence-corrected chi connectivity index (χ3v) is 5.76. The molecule has 1 aliphatic heterocycles. The van der Waals surface area contributed by atoms with Gasteiger partial charge in [-0.1, -0.05) is 30.3 Å². The number of halogens is 2. The molecule has 1 heterocycles. The average Bonchev–Trinajstić information content (AvgIpc) is 3.50. The number of carboxylic acid groups (broad SMARTS) is 1. The summed E-state index contributed by atoms with van der Waals surface area (Å²) in [5.41, 5.74) is 0.644. The SMILES string of the molecule is O=C(CN[C@H](C(=O)O)C1c2cc(F)c(F)cc2OCC12CC2)OCc1ccccc1. The molecule has 0 radical (unpaired) electrons. The van der Waals surface area contributed by atoms with E-state index >= 15 is 0 Å². The number of fused-ring (bicyclic) bond motifs is 1. The van der Waals surface area contributed by atoms with Crippen LogP contribution in [-0.4, -0.2) is 36.2 Å². The molecule has 2 N–H and O–H groups in total. The van der Waals surface area contributed by atoms with Gasteiger partial charge in [0.1, 0.15) is 18.4 Å². The molecular formula is C22H21F2NO5. The Morgan fingerprint density at radius 1 is 1.20 bits per heavy atom. The van der Waals surface area contributed by atoms with E-state index in [9.17, 15) is 23.5 Å². The van der Waals surface area contributed by atoms with Crippen LogP contribution < -0.4 is 10.1 Å². The van der Waals surface area contributed by atoms with Gasteiger partial charge in [-0.2, -0.15) is 0 Å². The lowest BCUT2D eigenvalue weighted by Gasteiger charge is -2.37. The van der Waals surface area contributed by atoms with Crippen molar-refractivity contribution >= 4 is 11.9 Å². The molecule has 6 nitrogen and oxygen atoms in total. The molecular weight excluding hydrogens is 396 g/mol. The Bertz CT molecular complexity index is 962. The van der Waals surface area contributed by atoms with Crippen molar-refractivity contribution < 1.29 is 33.0 Å². The zero-order chi connectivity index (χ0) is 21.3. The van der Waals surface area contributed by atoms with E-state index in [-0.39, 0.29) is 25.5 Å². The zero-order valence-electron chi connectivity index (χ0n) is 16.1. The minimum Gasteiger partial charge on any atom is -0.493 e. The van der Waals surface area contributed by atoms with E-state index < -0.39 is 40.9 Å². The van der Waals surface area contributed by atoms with Crippen LogP contribution in [0.5, 0.6) is 5.75 Å². The fourth-order valence-corrected chi connectivity index (χ4v) is 4.03. The lowest BCUT2D eigenvalue weighted by atomic mass is 9.76. The van der Waals surface area contributed by atoms with E-state index in [1.54, 1.807) is 0 Å². The summed E-state index contributed by atoms with van der Waals surface area (Å²) in [7, 11) is 0. The summed E-state index contributed by atoms with van der Waals surface area (Å²) in [5, 5.41) is 12.6. The molecule has 1 fully saturated rings. The Balaban J connectivity index is 1.49. The van der Waals surface area contributed by atoms with E-state index in [1.165, 1.54) is 0 Å². The first-order valence-electron chi connectivity index (χ1n) is 9.67. The van der Waals surface area contributed by atoms with Gasteiger partial charge in [0.2, 0.25) is 0 Å². The molecule has 0 bridgehead atoms. The number of nitrogens with one attached hydrogen (secondary N) is 1. The number of carboxylic acids is 1. The summed E-state index contributed by atoms with van der Waals surface area (Å²) in [6, 6.07) is 9.87. The zero-order valence-corrected chi connectivity index (χ0v) is 16.1. The fraction of sp³-hybridized carbons (Fsp3) is 0.364. The van der Waals surface area contributed by atoms with Crippen LogP contribution in [0.3, 0.4) is 0 Å². The molecule has 4 rings (SSSR count). The number of benzene rings is 2. The third kappa shape index (κ3) is 4.00. The Labute approximate surface area is 171 Å². The summed E-state index contributed by atoms with van der Waals surface area (Å²) in [5.74, 6) is -4.42. The van der Waals surface area contributed by atoms with Gasteiger partial charge in [-0.25, -0.2) is 8.78 Å². The minimum atomic E-state index is -1.18. The van der Waals surface area contributed by atoms with Gasteiger partial charge in [-0.15, -0.1) is 0 Å². The average molecular weight is 417 g/mol. The van der Waals surface area contributed by atoms with Gasteiger partial charge in [-0.3, -0.25) is 14.9 Å². The smallest absolute Gasteiger partial charge is 0.321 e. The van der Waals surface area contributed by atoms with Crippen LogP contribution in [0.1, 0.15) is 29.9 Å². The molecule has 30 heavy (non-hydrogen) atoms.